The molecule has 0 heterocycles. The number of halogens is 2. The molecule has 0 aromatic heterocycles. The van der Waals surface area contributed by atoms with Crippen molar-refractivity contribution in [2.75, 3.05) is 25.6 Å². The molecule has 0 saturated carbocycles. The van der Waals surface area contributed by atoms with Crippen LogP contribution in [0.15, 0.2) is 42.5 Å². The molecule has 2 aromatic rings. The first kappa shape index (κ1) is 15.3. The van der Waals surface area contributed by atoms with Crippen LogP contribution >= 0.6 is 0 Å². The van der Waals surface area contributed by atoms with Crippen LogP contribution in [0.3, 0.4) is 0 Å². The lowest BCUT2D eigenvalue weighted by atomic mass is 10.0. The first-order valence-corrected chi connectivity index (χ1v) is 6.58. The fraction of sp³-hybridized carbons (Fsp3) is 0.250. The first-order chi connectivity index (χ1) is 10.1. The highest BCUT2D eigenvalue weighted by atomic mass is 19.2. The van der Waals surface area contributed by atoms with Crippen molar-refractivity contribution < 1.29 is 13.5 Å². The zero-order valence-electron chi connectivity index (χ0n) is 12.0. The third kappa shape index (κ3) is 3.31. The van der Waals surface area contributed by atoms with Gasteiger partial charge in [0.15, 0.2) is 11.6 Å². The largest absolute Gasteiger partial charge is 0.497 e. The molecule has 1 unspecified atom stereocenters. The van der Waals surface area contributed by atoms with Gasteiger partial charge in [0.25, 0.3) is 0 Å². The summed E-state index contributed by atoms with van der Waals surface area (Å²) in [7, 11) is 3.45. The van der Waals surface area contributed by atoms with Gasteiger partial charge in [-0.15, -0.1) is 0 Å². The molecule has 0 radical (unpaired) electrons. The predicted molar refractivity (Wildman–Crippen MR) is 79.6 cm³/mol. The van der Waals surface area contributed by atoms with E-state index >= 15 is 0 Å². The molecular weight excluding hydrogens is 274 g/mol. The van der Waals surface area contributed by atoms with E-state index in [2.05, 4.69) is 0 Å². The van der Waals surface area contributed by atoms with Crippen molar-refractivity contribution in [2.45, 2.75) is 6.04 Å². The van der Waals surface area contributed by atoms with Gasteiger partial charge in [-0.1, -0.05) is 12.1 Å². The number of rotatable bonds is 5. The van der Waals surface area contributed by atoms with Crippen LogP contribution in [0, 0.1) is 11.6 Å². The summed E-state index contributed by atoms with van der Waals surface area (Å²) >= 11 is 0. The number of nitrogens with zero attached hydrogens (tertiary/aromatic N) is 1. The van der Waals surface area contributed by atoms with Gasteiger partial charge in [0, 0.05) is 25.3 Å². The highest BCUT2D eigenvalue weighted by molar-refractivity contribution is 5.52. The van der Waals surface area contributed by atoms with Crippen LogP contribution < -0.4 is 15.4 Å². The van der Waals surface area contributed by atoms with Gasteiger partial charge in [0.2, 0.25) is 0 Å². The molecule has 2 rings (SSSR count). The quantitative estimate of drug-likeness (QED) is 0.920. The molecule has 0 saturated heterocycles. The fourth-order valence-corrected chi connectivity index (χ4v) is 2.25. The molecule has 0 bridgehead atoms. The second-order valence-electron chi connectivity index (χ2n) is 4.74. The fourth-order valence-electron chi connectivity index (χ4n) is 2.25. The number of likely N-dealkylation sites (N-methyl/N-ethyl adjacent to an activating group) is 1. The molecule has 2 N–H and O–H groups in total. The Bertz CT molecular complexity index is 619. The van der Waals surface area contributed by atoms with Gasteiger partial charge >= 0.3 is 0 Å². The normalized spacial score (nSPS) is 12.0. The van der Waals surface area contributed by atoms with Gasteiger partial charge in [-0.2, -0.15) is 0 Å². The average molecular weight is 292 g/mol. The summed E-state index contributed by atoms with van der Waals surface area (Å²) in [5.41, 5.74) is 7.32. The number of nitrogens with two attached hydrogens (primary N) is 1. The van der Waals surface area contributed by atoms with Crippen LogP contribution in [0.2, 0.25) is 0 Å². The maximum Gasteiger partial charge on any atom is 0.159 e. The molecule has 2 aromatic carbocycles. The molecule has 0 aliphatic heterocycles. The number of anilines is 1. The van der Waals surface area contributed by atoms with Gasteiger partial charge in [0.1, 0.15) is 5.75 Å². The predicted octanol–water partition coefficient (Wildman–Crippen LogP) is 3.11. The average Bonchev–Trinajstić information content (AvgIpc) is 2.51. The molecule has 0 fully saturated rings. The Kier molecular flexibility index (Phi) is 4.75. The summed E-state index contributed by atoms with van der Waals surface area (Å²) in [4.78, 5) is 1.91. The Hall–Kier alpha value is -2.14. The van der Waals surface area contributed by atoms with E-state index in [9.17, 15) is 8.78 Å². The van der Waals surface area contributed by atoms with Gasteiger partial charge in [-0.3, -0.25) is 0 Å². The summed E-state index contributed by atoms with van der Waals surface area (Å²) in [6.45, 7) is 0.277. The van der Waals surface area contributed by atoms with E-state index in [-0.39, 0.29) is 12.6 Å². The Balaban J connectivity index is 2.32. The highest BCUT2D eigenvalue weighted by Gasteiger charge is 2.18. The van der Waals surface area contributed by atoms with Crippen molar-refractivity contribution in [1.82, 2.24) is 0 Å². The molecule has 0 aliphatic carbocycles. The molecule has 21 heavy (non-hydrogen) atoms. The minimum Gasteiger partial charge on any atom is -0.497 e. The summed E-state index contributed by atoms with van der Waals surface area (Å²) in [5, 5.41) is 0. The molecular formula is C16H18F2N2O. The zero-order valence-corrected chi connectivity index (χ0v) is 12.0. The molecule has 1 atom stereocenters. The Labute approximate surface area is 122 Å². The summed E-state index contributed by atoms with van der Waals surface area (Å²) in [6.07, 6.45) is 0. The highest BCUT2D eigenvalue weighted by Crippen LogP contribution is 2.28. The molecule has 3 nitrogen and oxygen atoms in total. The Morgan fingerprint density at radius 2 is 1.90 bits per heavy atom. The summed E-state index contributed by atoms with van der Waals surface area (Å²) in [6, 6.07) is 11.1. The number of benzene rings is 2. The Morgan fingerprint density at radius 1 is 1.14 bits per heavy atom. The zero-order chi connectivity index (χ0) is 15.4. The second-order valence-corrected chi connectivity index (χ2v) is 4.74. The second kappa shape index (κ2) is 6.54. The van der Waals surface area contributed by atoms with Gasteiger partial charge in [-0.05, 0) is 29.8 Å². The lowest BCUT2D eigenvalue weighted by Crippen LogP contribution is -2.30. The first-order valence-electron chi connectivity index (χ1n) is 6.58. The number of hydrogen-bond acceptors (Lipinski definition) is 3. The number of hydrogen-bond donors (Lipinski definition) is 1. The maximum atomic E-state index is 13.4. The van der Waals surface area contributed by atoms with Crippen LogP contribution in [0.25, 0.3) is 0 Å². The lowest BCUT2D eigenvalue weighted by molar-refractivity contribution is 0.414. The van der Waals surface area contributed by atoms with Crippen molar-refractivity contribution in [3.8, 4) is 5.75 Å². The third-order valence-electron chi connectivity index (χ3n) is 3.48. The van der Waals surface area contributed by atoms with Crippen LogP contribution in [-0.2, 0) is 0 Å². The molecule has 112 valence electrons. The van der Waals surface area contributed by atoms with E-state index in [1.807, 2.05) is 36.2 Å². The SMILES string of the molecule is COc1cccc(N(C)C(CN)c2ccc(F)c(F)c2)c1. The summed E-state index contributed by atoms with van der Waals surface area (Å²) < 4.78 is 31.7. The lowest BCUT2D eigenvalue weighted by Gasteiger charge is -2.29. The van der Waals surface area contributed by atoms with Crippen LogP contribution in [0.1, 0.15) is 11.6 Å². The van der Waals surface area contributed by atoms with Crippen molar-refractivity contribution in [1.29, 1.82) is 0 Å². The molecule has 0 aliphatic rings. The van der Waals surface area contributed by atoms with E-state index in [4.69, 9.17) is 10.5 Å². The number of methoxy groups -OCH3 is 1. The van der Waals surface area contributed by atoms with E-state index in [1.165, 1.54) is 6.07 Å². The molecule has 0 spiro atoms. The molecule has 0 amide bonds. The van der Waals surface area contributed by atoms with E-state index in [1.54, 1.807) is 13.2 Å². The summed E-state index contributed by atoms with van der Waals surface area (Å²) in [5.74, 6) is -1.01. The standard InChI is InChI=1S/C16H18F2N2O/c1-20(12-4-3-5-13(9-12)21-2)16(10-19)11-6-7-14(17)15(18)8-11/h3-9,16H,10,19H2,1-2H3. The van der Waals surface area contributed by atoms with Crippen LogP contribution in [0.4, 0.5) is 14.5 Å². The van der Waals surface area contributed by atoms with Crippen molar-refractivity contribution in [2.24, 2.45) is 5.73 Å². The van der Waals surface area contributed by atoms with Crippen molar-refractivity contribution in [3.05, 3.63) is 59.7 Å². The monoisotopic (exact) mass is 292 g/mol. The minimum atomic E-state index is -0.870. The minimum absolute atomic E-state index is 0.257. The molecule has 5 heteroatoms. The van der Waals surface area contributed by atoms with E-state index in [0.717, 1.165) is 17.5 Å². The smallest absolute Gasteiger partial charge is 0.159 e. The van der Waals surface area contributed by atoms with Crippen LogP contribution in [-0.4, -0.2) is 20.7 Å². The Morgan fingerprint density at radius 3 is 2.52 bits per heavy atom. The third-order valence-corrected chi connectivity index (χ3v) is 3.48. The van der Waals surface area contributed by atoms with Crippen LogP contribution in [0.5, 0.6) is 5.75 Å². The maximum absolute atomic E-state index is 13.4. The van der Waals surface area contributed by atoms with Crippen molar-refractivity contribution >= 4 is 5.69 Å². The van der Waals surface area contributed by atoms with Crippen molar-refractivity contribution in [3.63, 3.8) is 0 Å². The number of ether oxygens (including phenoxy) is 1. The van der Waals surface area contributed by atoms with Gasteiger partial charge < -0.3 is 15.4 Å². The topological polar surface area (TPSA) is 38.5 Å². The van der Waals surface area contributed by atoms with Gasteiger partial charge in [0.05, 0.1) is 13.2 Å². The van der Waals surface area contributed by atoms with E-state index in [0.29, 0.717) is 5.56 Å². The van der Waals surface area contributed by atoms with E-state index < -0.39 is 11.6 Å². The van der Waals surface area contributed by atoms with Gasteiger partial charge in [-0.25, -0.2) is 8.78 Å².